The average Bonchev–Trinajstić information content (AvgIpc) is 2.92. The van der Waals surface area contributed by atoms with Crippen LogP contribution in [0.2, 0.25) is 0 Å². The smallest absolute Gasteiger partial charge is 0.231 e. The van der Waals surface area contributed by atoms with Gasteiger partial charge in [0.15, 0.2) is 0 Å². The summed E-state index contributed by atoms with van der Waals surface area (Å²) in [5.74, 6) is -0.279. The van der Waals surface area contributed by atoms with E-state index >= 15 is 0 Å². The van der Waals surface area contributed by atoms with E-state index in [4.69, 9.17) is 11.5 Å². The van der Waals surface area contributed by atoms with E-state index in [0.717, 1.165) is 18.4 Å². The van der Waals surface area contributed by atoms with Crippen molar-refractivity contribution >= 4 is 5.91 Å². The lowest BCUT2D eigenvalue weighted by molar-refractivity contribution is -0.120. The molecule has 2 unspecified atom stereocenters. The maximum absolute atomic E-state index is 11.5. The Hall–Kier alpha value is -1.39. The zero-order valence-electron chi connectivity index (χ0n) is 12.2. The highest BCUT2D eigenvalue weighted by Crippen LogP contribution is 2.32. The summed E-state index contributed by atoms with van der Waals surface area (Å²) in [5.41, 5.74) is 12.8. The lowest BCUT2D eigenvalue weighted by atomic mass is 9.97. The third-order valence-corrected chi connectivity index (χ3v) is 4.13. The van der Waals surface area contributed by atoms with Crippen molar-refractivity contribution in [3.8, 4) is 0 Å². The van der Waals surface area contributed by atoms with Crippen LogP contribution in [0, 0.1) is 0 Å². The second-order valence-corrected chi connectivity index (χ2v) is 5.79. The summed E-state index contributed by atoms with van der Waals surface area (Å²) in [6.45, 7) is 2.28. The van der Waals surface area contributed by atoms with Gasteiger partial charge in [0.1, 0.15) is 0 Å². The second-order valence-electron chi connectivity index (χ2n) is 5.79. The molecule has 20 heavy (non-hydrogen) atoms. The van der Waals surface area contributed by atoms with Crippen molar-refractivity contribution in [2.45, 2.75) is 50.7 Å². The van der Waals surface area contributed by atoms with Gasteiger partial charge in [-0.15, -0.1) is 0 Å². The van der Waals surface area contributed by atoms with E-state index in [-0.39, 0.29) is 24.5 Å². The highest BCUT2D eigenvalue weighted by Gasteiger charge is 2.32. The quantitative estimate of drug-likeness (QED) is 0.831. The molecule has 4 nitrogen and oxygen atoms in total. The lowest BCUT2D eigenvalue weighted by Crippen LogP contribution is -2.47. The molecular formula is C16H25N3O. The topological polar surface area (TPSA) is 72.3 Å². The molecule has 0 saturated heterocycles. The van der Waals surface area contributed by atoms with Gasteiger partial charge in [-0.2, -0.15) is 0 Å². The number of benzene rings is 1. The highest BCUT2D eigenvalue weighted by molar-refractivity contribution is 5.76. The monoisotopic (exact) mass is 275 g/mol. The molecule has 0 spiro atoms. The Morgan fingerprint density at radius 3 is 2.40 bits per heavy atom. The number of hydrogen-bond acceptors (Lipinski definition) is 3. The first-order valence-electron chi connectivity index (χ1n) is 7.44. The zero-order valence-corrected chi connectivity index (χ0v) is 12.2. The summed E-state index contributed by atoms with van der Waals surface area (Å²) < 4.78 is 0. The number of rotatable bonds is 6. The number of nitrogens with two attached hydrogens (primary N) is 2. The summed E-state index contributed by atoms with van der Waals surface area (Å²) in [5, 5.41) is 0. The summed E-state index contributed by atoms with van der Waals surface area (Å²) in [7, 11) is 0. The van der Waals surface area contributed by atoms with Gasteiger partial charge in [-0.1, -0.05) is 43.2 Å². The van der Waals surface area contributed by atoms with Crippen LogP contribution >= 0.6 is 0 Å². The minimum atomic E-state index is -0.279. The molecule has 2 atom stereocenters. The maximum Gasteiger partial charge on any atom is 0.231 e. The summed E-state index contributed by atoms with van der Waals surface area (Å²) in [6.07, 6.45) is 4.70. The Balaban J connectivity index is 2.28. The highest BCUT2D eigenvalue weighted by atomic mass is 16.1. The van der Waals surface area contributed by atoms with Gasteiger partial charge in [-0.05, 0) is 25.3 Å². The number of nitrogens with zero attached hydrogens (tertiary/aromatic N) is 1. The Bertz CT molecular complexity index is 427. The first-order chi connectivity index (χ1) is 9.59. The normalized spacial score (nSPS) is 19.1. The molecule has 1 fully saturated rings. The van der Waals surface area contributed by atoms with Crippen molar-refractivity contribution in [3.05, 3.63) is 35.9 Å². The number of hydrogen-bond donors (Lipinski definition) is 2. The molecule has 4 heteroatoms. The van der Waals surface area contributed by atoms with Crippen LogP contribution in [0.3, 0.4) is 0 Å². The van der Waals surface area contributed by atoms with Crippen LogP contribution in [0.25, 0.3) is 0 Å². The molecule has 1 aliphatic carbocycles. The molecule has 1 aromatic rings. The van der Waals surface area contributed by atoms with E-state index in [1.807, 2.05) is 25.1 Å². The van der Waals surface area contributed by atoms with Gasteiger partial charge in [-0.25, -0.2) is 0 Å². The Labute approximate surface area is 121 Å². The van der Waals surface area contributed by atoms with Crippen molar-refractivity contribution in [2.24, 2.45) is 11.5 Å². The first kappa shape index (κ1) is 15.0. The fourth-order valence-electron chi connectivity index (χ4n) is 3.32. The van der Waals surface area contributed by atoms with Gasteiger partial charge >= 0.3 is 0 Å². The van der Waals surface area contributed by atoms with Crippen molar-refractivity contribution in [3.63, 3.8) is 0 Å². The number of carbonyl (C=O) groups excluding carboxylic acids is 1. The Morgan fingerprint density at radius 1 is 1.30 bits per heavy atom. The van der Waals surface area contributed by atoms with Crippen molar-refractivity contribution < 1.29 is 4.79 Å². The van der Waals surface area contributed by atoms with E-state index < -0.39 is 0 Å². The largest absolute Gasteiger partial charge is 0.369 e. The van der Waals surface area contributed by atoms with Crippen LogP contribution in [-0.2, 0) is 4.79 Å². The molecule has 4 N–H and O–H groups in total. The molecule has 1 aromatic carbocycles. The molecule has 0 bridgehead atoms. The minimum absolute atomic E-state index is 0.0441. The summed E-state index contributed by atoms with van der Waals surface area (Å²) >= 11 is 0. The molecule has 0 radical (unpaired) electrons. The SMILES string of the molecule is CC(N)C(c1ccccc1)N(CC(N)=O)C1CCCC1. The van der Waals surface area contributed by atoms with Crippen LogP contribution < -0.4 is 11.5 Å². The minimum Gasteiger partial charge on any atom is -0.369 e. The first-order valence-corrected chi connectivity index (χ1v) is 7.44. The van der Waals surface area contributed by atoms with Crippen LogP contribution in [-0.4, -0.2) is 29.4 Å². The van der Waals surface area contributed by atoms with Gasteiger partial charge < -0.3 is 11.5 Å². The number of primary amides is 1. The Kier molecular flexibility index (Phi) is 5.15. The third-order valence-electron chi connectivity index (χ3n) is 4.13. The van der Waals surface area contributed by atoms with Crippen molar-refractivity contribution in [1.29, 1.82) is 0 Å². The van der Waals surface area contributed by atoms with Gasteiger partial charge in [0.25, 0.3) is 0 Å². The number of amides is 1. The summed E-state index contributed by atoms with van der Waals surface area (Å²) in [6, 6.07) is 10.6. The second kappa shape index (κ2) is 6.86. The average molecular weight is 275 g/mol. The van der Waals surface area contributed by atoms with E-state index in [1.54, 1.807) is 0 Å². The predicted molar refractivity (Wildman–Crippen MR) is 81.0 cm³/mol. The molecular weight excluding hydrogens is 250 g/mol. The Morgan fingerprint density at radius 2 is 1.90 bits per heavy atom. The predicted octanol–water partition coefficient (Wildman–Crippen LogP) is 1.80. The van der Waals surface area contributed by atoms with E-state index in [1.165, 1.54) is 12.8 Å². The molecule has 110 valence electrons. The van der Waals surface area contributed by atoms with E-state index in [0.29, 0.717) is 6.04 Å². The third kappa shape index (κ3) is 3.58. The number of carbonyl (C=O) groups is 1. The zero-order chi connectivity index (χ0) is 14.5. The molecule has 0 aromatic heterocycles. The maximum atomic E-state index is 11.5. The van der Waals surface area contributed by atoms with E-state index in [9.17, 15) is 4.79 Å². The van der Waals surface area contributed by atoms with Gasteiger partial charge in [0.2, 0.25) is 5.91 Å². The fraction of sp³-hybridized carbons (Fsp3) is 0.562. The van der Waals surface area contributed by atoms with Crippen LogP contribution in [0.4, 0.5) is 0 Å². The van der Waals surface area contributed by atoms with Crippen LogP contribution in [0.5, 0.6) is 0 Å². The molecule has 1 amide bonds. The summed E-state index contributed by atoms with van der Waals surface area (Å²) in [4.78, 5) is 13.7. The molecule has 0 heterocycles. The van der Waals surface area contributed by atoms with Crippen LogP contribution in [0.1, 0.15) is 44.2 Å². The standard InChI is InChI=1S/C16H25N3O/c1-12(17)16(13-7-3-2-4-8-13)19(11-15(18)20)14-9-5-6-10-14/h2-4,7-8,12,14,16H,5-6,9-11,17H2,1H3,(H2,18,20). The molecule has 1 saturated carbocycles. The molecule has 0 aliphatic heterocycles. The van der Waals surface area contributed by atoms with Gasteiger partial charge in [0, 0.05) is 12.1 Å². The lowest BCUT2D eigenvalue weighted by Gasteiger charge is -2.38. The molecule has 2 rings (SSSR count). The van der Waals surface area contributed by atoms with Gasteiger partial charge in [-0.3, -0.25) is 9.69 Å². The van der Waals surface area contributed by atoms with Crippen molar-refractivity contribution in [2.75, 3.05) is 6.54 Å². The molecule has 1 aliphatic rings. The van der Waals surface area contributed by atoms with Crippen molar-refractivity contribution in [1.82, 2.24) is 4.90 Å². The van der Waals surface area contributed by atoms with E-state index in [2.05, 4.69) is 17.0 Å². The fourth-order valence-corrected chi connectivity index (χ4v) is 3.32. The van der Waals surface area contributed by atoms with Crippen LogP contribution in [0.15, 0.2) is 30.3 Å². The van der Waals surface area contributed by atoms with Gasteiger partial charge in [0.05, 0.1) is 12.6 Å².